The van der Waals surface area contributed by atoms with E-state index >= 15 is 0 Å². The van der Waals surface area contributed by atoms with Crippen molar-refractivity contribution in [1.29, 1.82) is 0 Å². The zero-order valence-electron chi connectivity index (χ0n) is 25.0. The molecule has 2 heterocycles. The van der Waals surface area contributed by atoms with Gasteiger partial charge < -0.3 is 15.0 Å². The molecule has 2 aromatic carbocycles. The Hall–Kier alpha value is -3.29. The van der Waals surface area contributed by atoms with Gasteiger partial charge in [-0.2, -0.15) is 0 Å². The quantitative estimate of drug-likeness (QED) is 0.461. The van der Waals surface area contributed by atoms with Crippen molar-refractivity contribution in [2.24, 2.45) is 10.9 Å². The monoisotopic (exact) mass is 556 g/mol. The number of benzene rings is 2. The van der Waals surface area contributed by atoms with E-state index in [2.05, 4.69) is 57.5 Å². The molecule has 2 amide bonds. The summed E-state index contributed by atoms with van der Waals surface area (Å²) in [5.41, 5.74) is 7.77. The number of carbonyl (C=O) groups excluding carboxylic acids is 2. The van der Waals surface area contributed by atoms with Crippen LogP contribution in [0.3, 0.4) is 0 Å². The number of nitrogens with zero attached hydrogens (tertiary/aromatic N) is 3. The lowest BCUT2D eigenvalue weighted by Gasteiger charge is -2.34. The van der Waals surface area contributed by atoms with Crippen molar-refractivity contribution in [3.05, 3.63) is 64.7 Å². The standard InChI is InChI=1S/C34H44N4O3/c1-23-18-24(2)36-34(40)31(23)21-35-33(39)30-19-28(20-32(25(30)3)37(4)29-8-6-5-7-9-29)27-12-10-26(11-13-27)22-38-14-16-41-17-15-38/h10-13,18-20,29,31H,5-9,14-17,21-22H2,1-4H3,(H,35,39). The fourth-order valence-corrected chi connectivity index (χ4v) is 6.40. The molecule has 2 fully saturated rings. The summed E-state index contributed by atoms with van der Waals surface area (Å²) in [5.74, 6) is -0.767. The molecule has 0 bridgehead atoms. The van der Waals surface area contributed by atoms with Crippen LogP contribution in [0.1, 0.15) is 67.4 Å². The number of carbonyl (C=O) groups is 2. The van der Waals surface area contributed by atoms with Gasteiger partial charge in [0.25, 0.3) is 11.8 Å². The van der Waals surface area contributed by atoms with Gasteiger partial charge in [-0.3, -0.25) is 14.5 Å². The van der Waals surface area contributed by atoms with Crippen LogP contribution in [-0.2, 0) is 16.1 Å². The maximum Gasteiger partial charge on any atom is 0.254 e. The number of hydrogen-bond acceptors (Lipinski definition) is 5. The van der Waals surface area contributed by atoms with Crippen molar-refractivity contribution >= 4 is 23.2 Å². The molecule has 7 nitrogen and oxygen atoms in total. The van der Waals surface area contributed by atoms with E-state index in [1.165, 1.54) is 37.7 Å². The van der Waals surface area contributed by atoms with E-state index in [1.807, 2.05) is 32.9 Å². The molecular weight excluding hydrogens is 512 g/mol. The lowest BCUT2D eigenvalue weighted by molar-refractivity contribution is -0.120. The predicted molar refractivity (Wildman–Crippen MR) is 166 cm³/mol. The van der Waals surface area contributed by atoms with E-state index < -0.39 is 5.92 Å². The number of rotatable bonds is 8. The van der Waals surface area contributed by atoms with Crippen LogP contribution in [0.15, 0.2) is 53.0 Å². The second-order valence-corrected chi connectivity index (χ2v) is 11.9. The maximum atomic E-state index is 13.7. The molecule has 3 aliphatic rings. The lowest BCUT2D eigenvalue weighted by atomic mass is 9.91. The number of nitrogens with one attached hydrogen (secondary N) is 1. The number of allylic oxidation sites excluding steroid dienone is 1. The minimum Gasteiger partial charge on any atom is -0.379 e. The SMILES string of the molecule is CC1=CC(C)=NC(=O)C1CNC(=O)c1cc(-c2ccc(CN3CCOCC3)cc2)cc(N(C)C2CCCCC2)c1C. The molecule has 2 aliphatic heterocycles. The molecule has 218 valence electrons. The van der Waals surface area contributed by atoms with Gasteiger partial charge in [0.2, 0.25) is 0 Å². The van der Waals surface area contributed by atoms with Gasteiger partial charge in [-0.05, 0) is 74.1 Å². The van der Waals surface area contributed by atoms with Gasteiger partial charge in [-0.15, -0.1) is 0 Å². The highest BCUT2D eigenvalue weighted by molar-refractivity contribution is 6.06. The van der Waals surface area contributed by atoms with E-state index in [0.717, 1.165) is 60.8 Å². The number of dihydropyridines is 1. The molecule has 5 rings (SSSR count). The van der Waals surface area contributed by atoms with Crippen LogP contribution in [0.25, 0.3) is 11.1 Å². The average Bonchev–Trinajstić information content (AvgIpc) is 2.97. The van der Waals surface area contributed by atoms with Crippen LogP contribution in [0.5, 0.6) is 0 Å². The summed E-state index contributed by atoms with van der Waals surface area (Å²) >= 11 is 0. The lowest BCUT2D eigenvalue weighted by Crippen LogP contribution is -2.36. The number of aliphatic imine (C=N–C) groups is 1. The number of ether oxygens (including phenoxy) is 1. The molecule has 1 saturated heterocycles. The van der Waals surface area contributed by atoms with Gasteiger partial charge in [0, 0.05) is 56.2 Å². The van der Waals surface area contributed by atoms with E-state index in [1.54, 1.807) is 0 Å². The number of hydrogen-bond donors (Lipinski definition) is 1. The van der Waals surface area contributed by atoms with Crippen LogP contribution in [-0.4, -0.2) is 68.4 Å². The Balaban J connectivity index is 1.41. The Labute approximate surface area is 244 Å². The summed E-state index contributed by atoms with van der Waals surface area (Å²) in [6.07, 6.45) is 8.06. The van der Waals surface area contributed by atoms with Crippen LogP contribution < -0.4 is 10.2 Å². The van der Waals surface area contributed by atoms with Crippen molar-refractivity contribution < 1.29 is 14.3 Å². The third-order valence-corrected chi connectivity index (χ3v) is 8.96. The fraction of sp³-hybridized carbons (Fsp3) is 0.500. The maximum absolute atomic E-state index is 13.7. The molecule has 1 atom stereocenters. The highest BCUT2D eigenvalue weighted by Crippen LogP contribution is 2.34. The number of amides is 2. The van der Waals surface area contributed by atoms with Crippen LogP contribution >= 0.6 is 0 Å². The number of anilines is 1. The largest absolute Gasteiger partial charge is 0.379 e. The Morgan fingerprint density at radius 1 is 1.02 bits per heavy atom. The fourth-order valence-electron chi connectivity index (χ4n) is 6.40. The molecule has 1 N–H and O–H groups in total. The zero-order valence-corrected chi connectivity index (χ0v) is 25.0. The Bertz CT molecular complexity index is 1320. The third kappa shape index (κ3) is 6.96. The molecule has 41 heavy (non-hydrogen) atoms. The van der Waals surface area contributed by atoms with Crippen molar-refractivity contribution in [1.82, 2.24) is 10.2 Å². The third-order valence-electron chi connectivity index (χ3n) is 8.96. The minimum absolute atomic E-state index is 0.154. The molecule has 0 spiro atoms. The van der Waals surface area contributed by atoms with Crippen LogP contribution in [0.2, 0.25) is 0 Å². The van der Waals surface area contributed by atoms with Crippen molar-refractivity contribution in [2.75, 3.05) is 44.8 Å². The molecule has 7 heteroatoms. The van der Waals surface area contributed by atoms with Gasteiger partial charge in [0.05, 0.1) is 19.1 Å². The molecule has 0 radical (unpaired) electrons. The number of morpholine rings is 1. The average molecular weight is 557 g/mol. The van der Waals surface area contributed by atoms with Crippen molar-refractivity contribution in [3.8, 4) is 11.1 Å². The topological polar surface area (TPSA) is 74.2 Å². The zero-order chi connectivity index (χ0) is 28.9. The Morgan fingerprint density at radius 3 is 2.41 bits per heavy atom. The van der Waals surface area contributed by atoms with E-state index in [-0.39, 0.29) is 18.4 Å². The molecule has 1 aliphatic carbocycles. The molecular formula is C34H44N4O3. The summed E-state index contributed by atoms with van der Waals surface area (Å²) in [6.45, 7) is 10.5. The van der Waals surface area contributed by atoms with Crippen molar-refractivity contribution in [2.45, 2.75) is 65.5 Å². The normalized spacial score (nSPS) is 20.4. The first-order valence-electron chi connectivity index (χ1n) is 15.1. The van der Waals surface area contributed by atoms with Crippen LogP contribution in [0.4, 0.5) is 5.69 Å². The smallest absolute Gasteiger partial charge is 0.254 e. The molecule has 1 saturated carbocycles. The second kappa shape index (κ2) is 13.1. The van der Waals surface area contributed by atoms with E-state index in [9.17, 15) is 9.59 Å². The van der Waals surface area contributed by atoms with Gasteiger partial charge in [0.1, 0.15) is 0 Å². The predicted octanol–water partition coefficient (Wildman–Crippen LogP) is 5.56. The Morgan fingerprint density at radius 2 is 1.73 bits per heavy atom. The van der Waals surface area contributed by atoms with Crippen molar-refractivity contribution in [3.63, 3.8) is 0 Å². The summed E-state index contributed by atoms with van der Waals surface area (Å²) in [4.78, 5) is 35.1. The Kier molecular flexibility index (Phi) is 9.35. The van der Waals surface area contributed by atoms with E-state index in [4.69, 9.17) is 4.74 Å². The highest BCUT2D eigenvalue weighted by atomic mass is 16.5. The van der Waals surface area contributed by atoms with Gasteiger partial charge in [0.15, 0.2) is 0 Å². The summed E-state index contributed by atoms with van der Waals surface area (Å²) in [5, 5.41) is 3.06. The summed E-state index contributed by atoms with van der Waals surface area (Å²) < 4.78 is 5.49. The highest BCUT2D eigenvalue weighted by Gasteiger charge is 2.26. The van der Waals surface area contributed by atoms with E-state index in [0.29, 0.717) is 17.3 Å². The molecule has 2 aromatic rings. The molecule has 1 unspecified atom stereocenters. The first-order valence-corrected chi connectivity index (χ1v) is 15.1. The first kappa shape index (κ1) is 29.2. The van der Waals surface area contributed by atoms with Crippen LogP contribution in [0, 0.1) is 12.8 Å². The van der Waals surface area contributed by atoms with Gasteiger partial charge in [-0.1, -0.05) is 49.1 Å². The summed E-state index contributed by atoms with van der Waals surface area (Å²) in [6, 6.07) is 13.4. The second-order valence-electron chi connectivity index (χ2n) is 11.9. The first-order chi connectivity index (χ1) is 19.8. The molecule has 0 aromatic heterocycles. The van der Waals surface area contributed by atoms with Gasteiger partial charge >= 0.3 is 0 Å². The van der Waals surface area contributed by atoms with Gasteiger partial charge in [-0.25, -0.2) is 4.99 Å². The minimum atomic E-state index is -0.422. The summed E-state index contributed by atoms with van der Waals surface area (Å²) in [7, 11) is 2.17.